The van der Waals surface area contributed by atoms with Gasteiger partial charge in [0.05, 0.1) is 8.67 Å². The fourth-order valence-corrected chi connectivity index (χ4v) is 5.81. The van der Waals surface area contributed by atoms with Crippen LogP contribution in [0.1, 0.15) is 37.8 Å². The molecular weight excluding hydrogens is 507 g/mol. The van der Waals surface area contributed by atoms with Crippen LogP contribution in [0.25, 0.3) is 20.9 Å². The number of carbonyl (C=O) groups excluding carboxylic acids is 2. The Balaban J connectivity index is 0.000000229. The van der Waals surface area contributed by atoms with Crippen molar-refractivity contribution in [3.63, 3.8) is 0 Å². The molecule has 4 aromatic rings. The van der Waals surface area contributed by atoms with Gasteiger partial charge in [-0.3, -0.25) is 19.6 Å². The zero-order chi connectivity index (χ0) is 24.5. The maximum Gasteiger partial charge on any atom is 0.137 e. The summed E-state index contributed by atoms with van der Waals surface area (Å²) in [6.07, 6.45) is 9.14. The molecule has 4 nitrogen and oxygen atoms in total. The SMILES string of the molecule is CCC(=O)Cc1cc(-c2ccncc2)sc1-c1ccncc1.CCC(=O)Cc1cc(Cl)sc1Cl. The minimum Gasteiger partial charge on any atom is -0.299 e. The van der Waals surface area contributed by atoms with Gasteiger partial charge in [-0.1, -0.05) is 37.0 Å². The van der Waals surface area contributed by atoms with Crippen LogP contribution in [0.3, 0.4) is 0 Å². The van der Waals surface area contributed by atoms with Crippen molar-refractivity contribution in [3.05, 3.63) is 81.0 Å². The van der Waals surface area contributed by atoms with E-state index in [1.54, 1.807) is 42.2 Å². The van der Waals surface area contributed by atoms with Crippen molar-refractivity contribution < 1.29 is 9.59 Å². The molecule has 0 N–H and O–H groups in total. The Hall–Kier alpha value is -2.38. The fraction of sp³-hybridized carbons (Fsp3) is 0.231. The molecule has 8 heteroatoms. The predicted molar refractivity (Wildman–Crippen MR) is 143 cm³/mol. The van der Waals surface area contributed by atoms with E-state index < -0.39 is 0 Å². The maximum atomic E-state index is 11.9. The molecular formula is C26H24Cl2N2O2S2. The molecule has 0 saturated heterocycles. The molecule has 176 valence electrons. The van der Waals surface area contributed by atoms with Gasteiger partial charge in [0.1, 0.15) is 11.6 Å². The summed E-state index contributed by atoms with van der Waals surface area (Å²) in [5, 5.41) is 0. The first-order valence-corrected chi connectivity index (χ1v) is 13.2. The van der Waals surface area contributed by atoms with E-state index in [9.17, 15) is 9.59 Å². The first-order chi connectivity index (χ1) is 16.4. The van der Waals surface area contributed by atoms with E-state index in [1.807, 2.05) is 38.1 Å². The highest BCUT2D eigenvalue weighted by molar-refractivity contribution is 7.20. The van der Waals surface area contributed by atoms with Crippen LogP contribution < -0.4 is 0 Å². The van der Waals surface area contributed by atoms with Crippen LogP contribution in [0, 0.1) is 0 Å². The van der Waals surface area contributed by atoms with E-state index in [2.05, 4.69) is 16.0 Å². The van der Waals surface area contributed by atoms with E-state index in [4.69, 9.17) is 23.2 Å². The van der Waals surface area contributed by atoms with Crippen molar-refractivity contribution in [2.45, 2.75) is 39.5 Å². The first-order valence-electron chi connectivity index (χ1n) is 10.8. The molecule has 0 radical (unpaired) electrons. The lowest BCUT2D eigenvalue weighted by atomic mass is 10.0. The lowest BCUT2D eigenvalue weighted by Gasteiger charge is -2.02. The molecule has 0 fully saturated rings. The summed E-state index contributed by atoms with van der Waals surface area (Å²) in [4.78, 5) is 33.4. The van der Waals surface area contributed by atoms with Crippen molar-refractivity contribution in [1.29, 1.82) is 0 Å². The molecule has 0 aliphatic heterocycles. The summed E-state index contributed by atoms with van der Waals surface area (Å²) >= 11 is 14.6. The second-order valence-corrected chi connectivity index (χ2v) is 10.8. The van der Waals surface area contributed by atoms with E-state index in [-0.39, 0.29) is 11.6 Å². The third kappa shape index (κ3) is 7.31. The van der Waals surface area contributed by atoms with Gasteiger partial charge in [0.2, 0.25) is 0 Å². The number of aromatic nitrogens is 2. The van der Waals surface area contributed by atoms with Gasteiger partial charge in [-0.15, -0.1) is 22.7 Å². The second-order valence-electron chi connectivity index (χ2n) is 7.42. The minimum absolute atomic E-state index is 0.186. The van der Waals surface area contributed by atoms with E-state index in [0.29, 0.717) is 34.4 Å². The molecule has 0 saturated carbocycles. The molecule has 4 rings (SSSR count). The Morgan fingerprint density at radius 1 is 0.765 bits per heavy atom. The van der Waals surface area contributed by atoms with Gasteiger partial charge in [0, 0.05) is 60.2 Å². The number of thiophene rings is 2. The molecule has 0 spiro atoms. The Bertz CT molecular complexity index is 1240. The number of hydrogen-bond donors (Lipinski definition) is 0. The van der Waals surface area contributed by atoms with Gasteiger partial charge in [-0.25, -0.2) is 0 Å². The quantitative estimate of drug-likeness (QED) is 0.231. The number of rotatable bonds is 8. The van der Waals surface area contributed by atoms with Crippen molar-refractivity contribution >= 4 is 57.4 Å². The smallest absolute Gasteiger partial charge is 0.137 e. The van der Waals surface area contributed by atoms with Crippen LogP contribution in [-0.2, 0) is 22.4 Å². The van der Waals surface area contributed by atoms with Gasteiger partial charge < -0.3 is 0 Å². The highest BCUT2D eigenvalue weighted by Crippen LogP contribution is 2.38. The summed E-state index contributed by atoms with van der Waals surface area (Å²) < 4.78 is 1.26. The average molecular weight is 532 g/mol. The fourth-order valence-electron chi connectivity index (χ4n) is 3.14. The number of halogens is 2. The lowest BCUT2D eigenvalue weighted by Crippen LogP contribution is -2.00. The Kier molecular flexibility index (Phi) is 9.96. The topological polar surface area (TPSA) is 59.9 Å². The van der Waals surface area contributed by atoms with Crippen LogP contribution in [0.2, 0.25) is 8.67 Å². The average Bonchev–Trinajstić information content (AvgIpc) is 3.42. The van der Waals surface area contributed by atoms with Gasteiger partial charge in [0.25, 0.3) is 0 Å². The number of nitrogens with zero attached hydrogens (tertiary/aromatic N) is 2. The number of hydrogen-bond acceptors (Lipinski definition) is 6. The van der Waals surface area contributed by atoms with E-state index >= 15 is 0 Å². The monoisotopic (exact) mass is 530 g/mol. The summed E-state index contributed by atoms with van der Waals surface area (Å²) in [6, 6.07) is 11.8. The van der Waals surface area contributed by atoms with Gasteiger partial charge >= 0.3 is 0 Å². The molecule has 0 amide bonds. The molecule has 34 heavy (non-hydrogen) atoms. The van der Waals surface area contributed by atoms with Crippen LogP contribution in [-0.4, -0.2) is 21.5 Å². The number of Topliss-reactive ketones (excluding diaryl/α,β-unsaturated/α-hetero) is 2. The van der Waals surface area contributed by atoms with Crippen molar-refractivity contribution in [3.8, 4) is 20.9 Å². The van der Waals surface area contributed by atoms with E-state index in [0.717, 1.165) is 32.0 Å². The number of carbonyl (C=O) groups is 2. The highest BCUT2D eigenvalue weighted by Gasteiger charge is 2.14. The van der Waals surface area contributed by atoms with Crippen molar-refractivity contribution in [1.82, 2.24) is 9.97 Å². The molecule has 0 atom stereocenters. The van der Waals surface area contributed by atoms with Gasteiger partial charge in [0.15, 0.2) is 0 Å². The second kappa shape index (κ2) is 12.9. The standard InChI is InChI=1S/C18H16N2OS.C8H8Cl2OS/c1-2-16(21)11-15-12-17(13-3-7-19-8-4-13)22-18(15)14-5-9-20-10-6-14;1-2-6(11)3-5-4-7(9)12-8(5)10/h3-10,12H,2,11H2,1H3;4H,2-3H2,1H3. The number of pyridine rings is 2. The molecule has 0 aliphatic rings. The largest absolute Gasteiger partial charge is 0.299 e. The third-order valence-corrected chi connectivity index (χ3v) is 7.85. The maximum absolute atomic E-state index is 11.9. The van der Waals surface area contributed by atoms with Crippen LogP contribution in [0.5, 0.6) is 0 Å². The highest BCUT2D eigenvalue weighted by atomic mass is 35.5. The van der Waals surface area contributed by atoms with Crippen LogP contribution in [0.15, 0.2) is 61.2 Å². The van der Waals surface area contributed by atoms with Gasteiger partial charge in [-0.05, 0) is 58.7 Å². The van der Waals surface area contributed by atoms with Crippen molar-refractivity contribution in [2.24, 2.45) is 0 Å². The molecule has 4 heterocycles. The zero-order valence-electron chi connectivity index (χ0n) is 18.9. The summed E-state index contributed by atoms with van der Waals surface area (Å²) in [5.74, 6) is 0.445. The molecule has 0 bridgehead atoms. The molecule has 4 aromatic heterocycles. The zero-order valence-corrected chi connectivity index (χ0v) is 22.0. The van der Waals surface area contributed by atoms with E-state index in [1.165, 1.54) is 11.3 Å². The minimum atomic E-state index is 0.186. The Morgan fingerprint density at radius 2 is 1.29 bits per heavy atom. The number of ketones is 2. The van der Waals surface area contributed by atoms with Crippen LogP contribution in [0.4, 0.5) is 0 Å². The first kappa shape index (κ1) is 26.2. The van der Waals surface area contributed by atoms with Crippen molar-refractivity contribution in [2.75, 3.05) is 0 Å². The van der Waals surface area contributed by atoms with Gasteiger partial charge in [-0.2, -0.15) is 0 Å². The molecule has 0 aromatic carbocycles. The lowest BCUT2D eigenvalue weighted by molar-refractivity contribution is -0.118. The summed E-state index contributed by atoms with van der Waals surface area (Å²) in [5.41, 5.74) is 4.18. The molecule has 0 unspecified atom stereocenters. The predicted octanol–water partition coefficient (Wildman–Crippen LogP) is 7.97. The third-order valence-electron chi connectivity index (χ3n) is 5.01. The normalized spacial score (nSPS) is 10.5. The molecule has 0 aliphatic carbocycles. The van der Waals surface area contributed by atoms with Crippen LogP contribution >= 0.6 is 45.9 Å². The summed E-state index contributed by atoms with van der Waals surface area (Å²) in [6.45, 7) is 3.74. The summed E-state index contributed by atoms with van der Waals surface area (Å²) in [7, 11) is 0. The Labute approximate surface area is 217 Å². The Morgan fingerprint density at radius 3 is 1.79 bits per heavy atom.